The second-order valence-corrected chi connectivity index (χ2v) is 10.9. The lowest BCUT2D eigenvalue weighted by Gasteiger charge is -2.32. The third kappa shape index (κ3) is 7.21. The van der Waals surface area contributed by atoms with Gasteiger partial charge in [0.25, 0.3) is 0 Å². The highest BCUT2D eigenvalue weighted by Gasteiger charge is 2.30. The van der Waals surface area contributed by atoms with Crippen LogP contribution in [0.2, 0.25) is 5.02 Å². The van der Waals surface area contributed by atoms with E-state index < -0.39 is 28.5 Å². The molecule has 0 heterocycles. The number of para-hydroxylation sites is 1. The Morgan fingerprint density at radius 3 is 2.19 bits per heavy atom. The molecule has 0 unspecified atom stereocenters. The summed E-state index contributed by atoms with van der Waals surface area (Å²) in [5.41, 5.74) is 1.00. The maximum Gasteiger partial charge on any atom is 0.244 e. The second-order valence-electron chi connectivity index (χ2n) is 7.71. The molecule has 2 rings (SSSR count). The molecule has 2 amide bonds. The average Bonchev–Trinajstić information content (AvgIpc) is 2.70. The van der Waals surface area contributed by atoms with Gasteiger partial charge in [-0.25, -0.2) is 8.42 Å². The zero-order valence-corrected chi connectivity index (χ0v) is 21.5. The fourth-order valence-electron chi connectivity index (χ4n) is 3.02. The molecule has 0 bridgehead atoms. The number of carbonyl (C=O) groups excluding carboxylic acids is 2. The summed E-state index contributed by atoms with van der Waals surface area (Å²) >= 11 is 9.58. The van der Waals surface area contributed by atoms with E-state index in [1.807, 2.05) is 38.1 Å². The molecule has 0 aliphatic carbocycles. The molecule has 0 fully saturated rings. The van der Waals surface area contributed by atoms with Crippen LogP contribution in [0.4, 0.5) is 5.69 Å². The summed E-state index contributed by atoms with van der Waals surface area (Å²) in [4.78, 5) is 27.4. The molecule has 2 aromatic carbocycles. The van der Waals surface area contributed by atoms with Crippen LogP contribution in [0.3, 0.4) is 0 Å². The van der Waals surface area contributed by atoms with Crippen molar-refractivity contribution in [1.82, 2.24) is 10.2 Å². The van der Waals surface area contributed by atoms with Crippen LogP contribution < -0.4 is 9.62 Å². The smallest absolute Gasteiger partial charge is 0.244 e. The number of anilines is 1. The van der Waals surface area contributed by atoms with Gasteiger partial charge in [-0.15, -0.1) is 0 Å². The van der Waals surface area contributed by atoms with Crippen molar-refractivity contribution in [2.75, 3.05) is 17.1 Å². The molecule has 0 aliphatic rings. The van der Waals surface area contributed by atoms with Gasteiger partial charge < -0.3 is 10.2 Å². The largest absolute Gasteiger partial charge is 0.352 e. The van der Waals surface area contributed by atoms with Gasteiger partial charge >= 0.3 is 0 Å². The molecular formula is C22H27BrClN3O4S. The van der Waals surface area contributed by atoms with E-state index in [4.69, 9.17) is 11.6 Å². The van der Waals surface area contributed by atoms with Gasteiger partial charge in [0.2, 0.25) is 21.8 Å². The van der Waals surface area contributed by atoms with Crippen molar-refractivity contribution < 1.29 is 18.0 Å². The molecule has 0 spiro atoms. The Labute approximate surface area is 202 Å². The summed E-state index contributed by atoms with van der Waals surface area (Å²) in [6.07, 6.45) is 1.01. The molecule has 0 radical (unpaired) electrons. The lowest BCUT2D eigenvalue weighted by Crippen LogP contribution is -2.52. The minimum atomic E-state index is -3.82. The zero-order valence-electron chi connectivity index (χ0n) is 18.4. The lowest BCUT2D eigenvalue weighted by molar-refractivity contribution is -0.139. The number of benzene rings is 2. The quantitative estimate of drug-likeness (QED) is 0.520. The highest BCUT2D eigenvalue weighted by molar-refractivity contribution is 9.10. The van der Waals surface area contributed by atoms with Crippen LogP contribution in [0.5, 0.6) is 0 Å². The van der Waals surface area contributed by atoms with Gasteiger partial charge in [0, 0.05) is 17.1 Å². The highest BCUT2D eigenvalue weighted by Crippen LogP contribution is 2.27. The Balaban J connectivity index is 2.39. The summed E-state index contributed by atoms with van der Waals surface area (Å²) in [6, 6.07) is 12.8. The molecule has 1 atom stereocenters. The maximum absolute atomic E-state index is 13.4. The first-order valence-electron chi connectivity index (χ1n) is 9.96. The molecule has 0 saturated carbocycles. The third-order valence-corrected chi connectivity index (χ3v) is 6.64. The molecule has 0 aromatic heterocycles. The van der Waals surface area contributed by atoms with Gasteiger partial charge in [-0.3, -0.25) is 13.9 Å². The highest BCUT2D eigenvalue weighted by atomic mass is 79.9. The van der Waals surface area contributed by atoms with Crippen molar-refractivity contribution in [3.05, 3.63) is 63.6 Å². The van der Waals surface area contributed by atoms with E-state index in [2.05, 4.69) is 21.2 Å². The van der Waals surface area contributed by atoms with E-state index in [1.54, 1.807) is 25.1 Å². The Morgan fingerprint density at radius 1 is 1.06 bits per heavy atom. The molecule has 7 nitrogen and oxygen atoms in total. The number of nitrogens with zero attached hydrogens (tertiary/aromatic N) is 2. The predicted molar refractivity (Wildman–Crippen MR) is 131 cm³/mol. The number of amides is 2. The number of carbonyl (C=O) groups is 2. The first-order chi connectivity index (χ1) is 14.9. The number of nitrogens with one attached hydrogen (secondary N) is 1. The van der Waals surface area contributed by atoms with Crippen molar-refractivity contribution in [1.29, 1.82) is 0 Å². The molecule has 1 N–H and O–H groups in total. The van der Waals surface area contributed by atoms with E-state index >= 15 is 0 Å². The molecular weight excluding hydrogens is 518 g/mol. The molecule has 10 heteroatoms. The molecule has 2 aromatic rings. The topological polar surface area (TPSA) is 86.8 Å². The van der Waals surface area contributed by atoms with Crippen molar-refractivity contribution in [2.45, 2.75) is 39.4 Å². The summed E-state index contributed by atoms with van der Waals surface area (Å²) in [5.74, 6) is -0.848. The van der Waals surface area contributed by atoms with Gasteiger partial charge in [-0.2, -0.15) is 0 Å². The Morgan fingerprint density at radius 2 is 1.66 bits per heavy atom. The van der Waals surface area contributed by atoms with Crippen LogP contribution in [0, 0.1) is 0 Å². The van der Waals surface area contributed by atoms with E-state index in [0.29, 0.717) is 0 Å². The van der Waals surface area contributed by atoms with Crippen LogP contribution >= 0.6 is 27.5 Å². The predicted octanol–water partition coefficient (Wildman–Crippen LogP) is 3.81. The van der Waals surface area contributed by atoms with E-state index in [1.165, 1.54) is 11.0 Å². The van der Waals surface area contributed by atoms with E-state index in [-0.39, 0.29) is 29.2 Å². The molecule has 0 saturated heterocycles. The van der Waals surface area contributed by atoms with Crippen LogP contribution in [-0.4, -0.2) is 50.0 Å². The van der Waals surface area contributed by atoms with Gasteiger partial charge in [-0.1, -0.05) is 51.8 Å². The summed E-state index contributed by atoms with van der Waals surface area (Å²) in [7, 11) is -3.82. The molecule has 0 aliphatic heterocycles. The standard InChI is InChI=1S/C22H27BrClN3O4S/c1-15(2)25-22(29)16(3)26(13-17-9-11-18(23)12-10-17)21(28)14-27(32(4,30)31)20-8-6-5-7-19(20)24/h5-12,15-16H,13-14H2,1-4H3,(H,25,29)/t16-/m1/s1. The lowest BCUT2D eigenvalue weighted by atomic mass is 10.1. The van der Waals surface area contributed by atoms with Crippen LogP contribution in [0.25, 0.3) is 0 Å². The van der Waals surface area contributed by atoms with Gasteiger partial charge in [-0.05, 0) is 50.6 Å². The number of halogens is 2. The fourth-order valence-corrected chi connectivity index (χ4v) is 4.44. The van der Waals surface area contributed by atoms with E-state index in [9.17, 15) is 18.0 Å². The molecule has 174 valence electrons. The first kappa shape index (κ1) is 26.2. The number of rotatable bonds is 9. The van der Waals surface area contributed by atoms with Gasteiger partial charge in [0.05, 0.1) is 17.0 Å². The second kappa shape index (κ2) is 11.2. The average molecular weight is 545 g/mol. The molecule has 32 heavy (non-hydrogen) atoms. The van der Waals surface area contributed by atoms with Gasteiger partial charge in [0.15, 0.2) is 0 Å². The van der Waals surface area contributed by atoms with E-state index in [0.717, 1.165) is 20.6 Å². The SMILES string of the molecule is CC(C)NC(=O)[C@@H](C)N(Cc1ccc(Br)cc1)C(=O)CN(c1ccccc1Cl)S(C)(=O)=O. The third-order valence-electron chi connectivity index (χ3n) is 4.66. The van der Waals surface area contributed by atoms with Gasteiger partial charge in [0.1, 0.15) is 12.6 Å². The summed E-state index contributed by atoms with van der Waals surface area (Å²) in [5, 5.41) is 3.01. The van der Waals surface area contributed by atoms with Crippen LogP contribution in [0.1, 0.15) is 26.3 Å². The normalized spacial score (nSPS) is 12.3. The van der Waals surface area contributed by atoms with Crippen LogP contribution in [-0.2, 0) is 26.2 Å². The number of sulfonamides is 1. The first-order valence-corrected chi connectivity index (χ1v) is 13.0. The van der Waals surface area contributed by atoms with Crippen molar-refractivity contribution in [3.8, 4) is 0 Å². The zero-order chi connectivity index (χ0) is 24.1. The maximum atomic E-state index is 13.4. The summed E-state index contributed by atoms with van der Waals surface area (Å²) < 4.78 is 26.8. The van der Waals surface area contributed by atoms with Crippen molar-refractivity contribution >= 4 is 55.1 Å². The van der Waals surface area contributed by atoms with Crippen molar-refractivity contribution in [3.63, 3.8) is 0 Å². The fraction of sp³-hybridized carbons (Fsp3) is 0.364. The minimum Gasteiger partial charge on any atom is -0.352 e. The Hall–Kier alpha value is -2.10. The number of hydrogen-bond acceptors (Lipinski definition) is 4. The summed E-state index contributed by atoms with van der Waals surface area (Å²) in [6.45, 7) is 4.93. The Kier molecular flexibility index (Phi) is 9.12. The van der Waals surface area contributed by atoms with Crippen LogP contribution in [0.15, 0.2) is 53.0 Å². The minimum absolute atomic E-state index is 0.106. The monoisotopic (exact) mass is 543 g/mol. The number of hydrogen-bond donors (Lipinski definition) is 1. The Bertz CT molecular complexity index is 1060. The van der Waals surface area contributed by atoms with Crippen molar-refractivity contribution in [2.24, 2.45) is 0 Å².